The van der Waals surface area contributed by atoms with E-state index in [9.17, 15) is 13.2 Å². The molecule has 1 aliphatic heterocycles. The van der Waals surface area contributed by atoms with Gasteiger partial charge in [-0.25, -0.2) is 8.42 Å². The average molecular weight is 377 g/mol. The highest BCUT2D eigenvalue weighted by Gasteiger charge is 2.41. The van der Waals surface area contributed by atoms with Crippen LogP contribution in [-0.2, 0) is 14.8 Å². The Morgan fingerprint density at radius 2 is 1.73 bits per heavy atom. The summed E-state index contributed by atoms with van der Waals surface area (Å²) in [5.74, 6) is 1.56. The highest BCUT2D eigenvalue weighted by Crippen LogP contribution is 2.44. The Morgan fingerprint density at radius 3 is 2.31 bits per heavy atom. The van der Waals surface area contributed by atoms with Crippen molar-refractivity contribution in [2.45, 2.75) is 56.4 Å². The van der Waals surface area contributed by atoms with Crippen molar-refractivity contribution >= 4 is 15.9 Å². The van der Waals surface area contributed by atoms with Gasteiger partial charge < -0.3 is 5.32 Å². The Balaban J connectivity index is 1.33. The molecule has 1 saturated heterocycles. The molecule has 1 aromatic carbocycles. The molecule has 1 aromatic rings. The van der Waals surface area contributed by atoms with E-state index in [-0.39, 0.29) is 11.8 Å². The van der Waals surface area contributed by atoms with Crippen molar-refractivity contribution in [1.82, 2.24) is 9.62 Å². The fraction of sp³-hybridized carbons (Fsp3) is 0.650. The molecular formula is C20H28N2O3S. The number of sulfonamides is 1. The number of piperidine rings is 1. The average Bonchev–Trinajstić information content (AvgIpc) is 3.25. The molecule has 2 aliphatic carbocycles. The van der Waals surface area contributed by atoms with Gasteiger partial charge in [0.25, 0.3) is 0 Å². The molecule has 6 heteroatoms. The first kappa shape index (κ1) is 18.0. The molecule has 3 fully saturated rings. The van der Waals surface area contributed by atoms with E-state index in [0.717, 1.165) is 17.9 Å². The minimum atomic E-state index is -3.46. The van der Waals surface area contributed by atoms with E-state index >= 15 is 0 Å². The number of carbonyl (C=O) groups excluding carboxylic acids is 1. The molecule has 3 aliphatic rings. The number of nitrogens with one attached hydrogen (secondary N) is 1. The molecule has 5 nitrogen and oxygen atoms in total. The molecule has 0 aromatic heterocycles. The normalized spacial score (nSPS) is 29.8. The number of rotatable bonds is 4. The van der Waals surface area contributed by atoms with Gasteiger partial charge in [-0.3, -0.25) is 4.79 Å². The Kier molecular flexibility index (Phi) is 4.82. The lowest BCUT2D eigenvalue weighted by atomic mass is 9.93. The van der Waals surface area contributed by atoms with Gasteiger partial charge in [-0.1, -0.05) is 24.1 Å². The molecule has 3 atom stereocenters. The number of hydrogen-bond acceptors (Lipinski definition) is 3. The van der Waals surface area contributed by atoms with Crippen molar-refractivity contribution in [2.24, 2.45) is 17.8 Å². The van der Waals surface area contributed by atoms with Gasteiger partial charge in [0.1, 0.15) is 0 Å². The number of carbonyl (C=O) groups is 1. The molecule has 1 amide bonds. The second-order valence-electron chi connectivity index (χ2n) is 8.28. The van der Waals surface area contributed by atoms with Crippen LogP contribution in [0.3, 0.4) is 0 Å². The first-order chi connectivity index (χ1) is 12.4. The van der Waals surface area contributed by atoms with Gasteiger partial charge >= 0.3 is 0 Å². The lowest BCUT2D eigenvalue weighted by Crippen LogP contribution is -2.46. The zero-order valence-corrected chi connectivity index (χ0v) is 16.2. The quantitative estimate of drug-likeness (QED) is 0.879. The van der Waals surface area contributed by atoms with Crippen LogP contribution >= 0.6 is 0 Å². The van der Waals surface area contributed by atoms with Crippen molar-refractivity contribution in [2.75, 3.05) is 13.1 Å². The maximum absolute atomic E-state index is 12.8. The molecule has 1 N–H and O–H groups in total. The molecule has 142 valence electrons. The monoisotopic (exact) mass is 376 g/mol. The molecule has 4 rings (SSSR count). The minimum Gasteiger partial charge on any atom is -0.353 e. The fourth-order valence-electron chi connectivity index (χ4n) is 4.94. The first-order valence-electron chi connectivity index (χ1n) is 9.80. The topological polar surface area (TPSA) is 66.5 Å². The van der Waals surface area contributed by atoms with Crippen molar-refractivity contribution < 1.29 is 13.2 Å². The smallest absolute Gasteiger partial charge is 0.243 e. The first-order valence-corrected chi connectivity index (χ1v) is 11.2. The van der Waals surface area contributed by atoms with Gasteiger partial charge in [-0.2, -0.15) is 4.31 Å². The van der Waals surface area contributed by atoms with Gasteiger partial charge in [0, 0.05) is 25.0 Å². The third-order valence-corrected chi connectivity index (χ3v) is 8.46. The number of aryl methyl sites for hydroxylation is 1. The van der Waals surface area contributed by atoms with Crippen LogP contribution in [0, 0.1) is 24.7 Å². The summed E-state index contributed by atoms with van der Waals surface area (Å²) in [5, 5.41) is 3.26. The summed E-state index contributed by atoms with van der Waals surface area (Å²) in [6, 6.07) is 7.33. The maximum Gasteiger partial charge on any atom is 0.243 e. The summed E-state index contributed by atoms with van der Waals surface area (Å²) in [7, 11) is -3.46. The van der Waals surface area contributed by atoms with Gasteiger partial charge in [0.05, 0.1) is 4.90 Å². The SMILES string of the molecule is Cc1ccc(S(=O)(=O)N2CCC(C(=O)N[C@@H]3C[C@H]4CC[C@@H]3C4)CC2)cc1. The van der Waals surface area contributed by atoms with Crippen molar-refractivity contribution in [3.8, 4) is 0 Å². The highest BCUT2D eigenvalue weighted by molar-refractivity contribution is 7.89. The number of fused-ring (bicyclic) bond motifs is 2. The van der Waals surface area contributed by atoms with Crippen LogP contribution in [0.2, 0.25) is 0 Å². The van der Waals surface area contributed by atoms with E-state index in [4.69, 9.17) is 0 Å². The molecular weight excluding hydrogens is 348 g/mol. The number of benzene rings is 1. The van der Waals surface area contributed by atoms with Crippen molar-refractivity contribution in [3.63, 3.8) is 0 Å². The van der Waals surface area contributed by atoms with Crippen LogP contribution in [0.15, 0.2) is 29.2 Å². The summed E-state index contributed by atoms with van der Waals surface area (Å²) < 4.78 is 27.1. The van der Waals surface area contributed by atoms with Gasteiger partial charge in [0.2, 0.25) is 15.9 Å². The highest BCUT2D eigenvalue weighted by atomic mass is 32.2. The molecule has 2 bridgehead atoms. The third-order valence-electron chi connectivity index (χ3n) is 6.55. The van der Waals surface area contributed by atoms with E-state index < -0.39 is 10.0 Å². The van der Waals surface area contributed by atoms with E-state index in [1.807, 2.05) is 19.1 Å². The summed E-state index contributed by atoms with van der Waals surface area (Å²) in [6.45, 7) is 2.78. The Labute approximate surface area is 156 Å². The van der Waals surface area contributed by atoms with Crippen LogP contribution in [0.4, 0.5) is 0 Å². The summed E-state index contributed by atoms with van der Waals surface area (Å²) in [6.07, 6.45) is 6.21. The molecule has 0 spiro atoms. The Morgan fingerprint density at radius 1 is 1.04 bits per heavy atom. The zero-order valence-electron chi connectivity index (χ0n) is 15.4. The molecule has 2 saturated carbocycles. The third kappa shape index (κ3) is 3.41. The second kappa shape index (κ2) is 6.97. The molecule has 0 radical (unpaired) electrons. The van der Waals surface area contributed by atoms with Crippen LogP contribution < -0.4 is 5.32 Å². The predicted octanol–water partition coefficient (Wildman–Crippen LogP) is 2.70. The van der Waals surface area contributed by atoms with Crippen molar-refractivity contribution in [3.05, 3.63) is 29.8 Å². The van der Waals surface area contributed by atoms with E-state index in [2.05, 4.69) is 5.32 Å². The van der Waals surface area contributed by atoms with Gasteiger partial charge in [0.15, 0.2) is 0 Å². The van der Waals surface area contributed by atoms with Crippen LogP contribution in [0.1, 0.15) is 44.1 Å². The predicted molar refractivity (Wildman–Crippen MR) is 100 cm³/mol. The zero-order chi connectivity index (χ0) is 18.3. The van der Waals surface area contributed by atoms with Gasteiger partial charge in [-0.05, 0) is 63.0 Å². The fourth-order valence-corrected chi connectivity index (χ4v) is 6.41. The van der Waals surface area contributed by atoms with E-state index in [1.54, 1.807) is 12.1 Å². The Hall–Kier alpha value is -1.40. The maximum atomic E-state index is 12.8. The number of hydrogen-bond donors (Lipinski definition) is 1. The van der Waals surface area contributed by atoms with E-state index in [1.165, 1.54) is 23.6 Å². The summed E-state index contributed by atoms with van der Waals surface area (Å²) >= 11 is 0. The Bertz CT molecular complexity index is 767. The number of nitrogens with zero attached hydrogens (tertiary/aromatic N) is 1. The molecule has 0 unspecified atom stereocenters. The lowest BCUT2D eigenvalue weighted by molar-refractivity contribution is -0.127. The largest absolute Gasteiger partial charge is 0.353 e. The van der Waals surface area contributed by atoms with Crippen LogP contribution in [0.5, 0.6) is 0 Å². The van der Waals surface area contributed by atoms with E-state index in [0.29, 0.717) is 42.8 Å². The van der Waals surface area contributed by atoms with Crippen LogP contribution in [0.25, 0.3) is 0 Å². The molecule has 26 heavy (non-hydrogen) atoms. The molecule has 1 heterocycles. The minimum absolute atomic E-state index is 0.0569. The van der Waals surface area contributed by atoms with Gasteiger partial charge in [-0.15, -0.1) is 0 Å². The second-order valence-corrected chi connectivity index (χ2v) is 10.2. The summed E-state index contributed by atoms with van der Waals surface area (Å²) in [5.41, 5.74) is 1.04. The summed E-state index contributed by atoms with van der Waals surface area (Å²) in [4.78, 5) is 13.0. The van der Waals surface area contributed by atoms with Crippen LogP contribution in [-0.4, -0.2) is 37.8 Å². The standard InChI is InChI=1S/C20H28N2O3S/c1-14-2-6-18(7-3-14)26(24,25)22-10-8-16(9-11-22)20(23)21-19-13-15-4-5-17(19)12-15/h2-3,6-7,15-17,19H,4-5,8-13H2,1H3,(H,21,23)/t15-,17+,19+/m0/s1. The van der Waals surface area contributed by atoms with Crippen molar-refractivity contribution in [1.29, 1.82) is 0 Å². The number of amides is 1. The lowest BCUT2D eigenvalue weighted by Gasteiger charge is -2.32.